The van der Waals surface area contributed by atoms with Gasteiger partial charge in [0.25, 0.3) is 0 Å². The van der Waals surface area contributed by atoms with Crippen molar-refractivity contribution in [3.05, 3.63) is 29.1 Å². The van der Waals surface area contributed by atoms with Crippen LogP contribution in [0.5, 0.6) is 0 Å². The number of thiophene rings is 1. The van der Waals surface area contributed by atoms with E-state index in [2.05, 4.69) is 5.32 Å². The summed E-state index contributed by atoms with van der Waals surface area (Å²) in [7, 11) is 0. The molecule has 0 aliphatic rings. The van der Waals surface area contributed by atoms with Gasteiger partial charge in [-0.3, -0.25) is 4.79 Å². The number of fused-ring (bicyclic) bond motifs is 1. The number of aromatic carboxylic acids is 1. The highest BCUT2D eigenvalue weighted by atomic mass is 32.1. The summed E-state index contributed by atoms with van der Waals surface area (Å²) in [6.45, 7) is 0. The van der Waals surface area contributed by atoms with Gasteiger partial charge in [0, 0.05) is 10.4 Å². The summed E-state index contributed by atoms with van der Waals surface area (Å²) in [5.41, 5.74) is 0.553. The molecule has 0 saturated carbocycles. The van der Waals surface area contributed by atoms with Crippen LogP contribution in [-0.2, 0) is 4.79 Å². The number of carbonyl (C=O) groups excluding carboxylic acids is 1. The van der Waals surface area contributed by atoms with Gasteiger partial charge in [0.05, 0.1) is 6.07 Å². The van der Waals surface area contributed by atoms with Crippen LogP contribution in [0.1, 0.15) is 16.1 Å². The lowest BCUT2D eigenvalue weighted by Crippen LogP contribution is -2.09. The topological polar surface area (TPSA) is 90.2 Å². The van der Waals surface area contributed by atoms with Gasteiger partial charge in [0.1, 0.15) is 11.3 Å². The van der Waals surface area contributed by atoms with E-state index < -0.39 is 5.97 Å². The van der Waals surface area contributed by atoms with Gasteiger partial charge in [-0.05, 0) is 29.7 Å². The third kappa shape index (κ3) is 2.47. The van der Waals surface area contributed by atoms with E-state index in [1.807, 2.05) is 0 Å². The molecule has 2 N–H and O–H groups in total. The number of carboxylic acids is 1. The molecule has 2 rings (SSSR count). The molecular formula is C12H8N2O3S. The number of nitriles is 1. The zero-order valence-corrected chi connectivity index (χ0v) is 9.95. The van der Waals surface area contributed by atoms with Gasteiger partial charge in [0.2, 0.25) is 5.91 Å². The van der Waals surface area contributed by atoms with Crippen LogP contribution < -0.4 is 5.32 Å². The first-order chi connectivity index (χ1) is 8.60. The number of nitrogens with one attached hydrogen (secondary N) is 1. The first-order valence-electron chi connectivity index (χ1n) is 5.04. The molecule has 1 aromatic carbocycles. The van der Waals surface area contributed by atoms with Crippen molar-refractivity contribution in [3.8, 4) is 6.07 Å². The van der Waals surface area contributed by atoms with E-state index in [0.717, 1.165) is 10.1 Å². The van der Waals surface area contributed by atoms with Crippen molar-refractivity contribution in [1.29, 1.82) is 5.26 Å². The smallest absolute Gasteiger partial charge is 0.345 e. The molecule has 0 aliphatic heterocycles. The van der Waals surface area contributed by atoms with Crippen LogP contribution in [-0.4, -0.2) is 17.0 Å². The molecule has 5 nitrogen and oxygen atoms in total. The van der Waals surface area contributed by atoms with Crippen molar-refractivity contribution in [2.24, 2.45) is 0 Å². The van der Waals surface area contributed by atoms with Gasteiger partial charge in [-0.1, -0.05) is 0 Å². The Bertz CT molecular complexity index is 670. The minimum Gasteiger partial charge on any atom is -0.477 e. The summed E-state index contributed by atoms with van der Waals surface area (Å²) >= 11 is 1.18. The molecule has 0 fully saturated rings. The zero-order chi connectivity index (χ0) is 13.1. The average Bonchev–Trinajstić information content (AvgIpc) is 2.72. The second kappa shape index (κ2) is 4.85. The molecular weight excluding hydrogens is 252 g/mol. The van der Waals surface area contributed by atoms with Gasteiger partial charge in [-0.25, -0.2) is 4.79 Å². The molecule has 0 aliphatic carbocycles. The van der Waals surface area contributed by atoms with Gasteiger partial charge in [0.15, 0.2) is 0 Å². The standard InChI is InChI=1S/C12H8N2O3S/c13-4-3-11(15)14-8-1-2-9-7(5-8)6-10(18-9)12(16)17/h1-2,5-6H,3H2,(H,14,15)(H,16,17). The summed E-state index contributed by atoms with van der Waals surface area (Å²) in [6.07, 6.45) is -0.206. The van der Waals surface area contributed by atoms with Crippen LogP contribution in [0, 0.1) is 11.3 Å². The number of carbonyl (C=O) groups is 2. The van der Waals surface area contributed by atoms with E-state index in [9.17, 15) is 9.59 Å². The van der Waals surface area contributed by atoms with Crippen LogP contribution in [0.4, 0.5) is 5.69 Å². The number of nitrogens with zero attached hydrogens (tertiary/aromatic N) is 1. The first-order valence-corrected chi connectivity index (χ1v) is 5.85. The number of carboxylic acid groups (broad SMARTS) is 1. The Morgan fingerprint density at radius 1 is 1.39 bits per heavy atom. The maximum Gasteiger partial charge on any atom is 0.345 e. The van der Waals surface area contributed by atoms with Crippen molar-refractivity contribution in [1.82, 2.24) is 0 Å². The third-order valence-electron chi connectivity index (χ3n) is 2.25. The van der Waals surface area contributed by atoms with Crippen molar-refractivity contribution >= 4 is 39.0 Å². The monoisotopic (exact) mass is 260 g/mol. The molecule has 0 unspecified atom stereocenters. The van der Waals surface area contributed by atoms with Crippen molar-refractivity contribution in [2.45, 2.75) is 6.42 Å². The van der Waals surface area contributed by atoms with E-state index in [4.69, 9.17) is 10.4 Å². The lowest BCUT2D eigenvalue weighted by molar-refractivity contribution is -0.115. The molecule has 1 heterocycles. The van der Waals surface area contributed by atoms with Crippen LogP contribution in [0.15, 0.2) is 24.3 Å². The fourth-order valence-corrected chi connectivity index (χ4v) is 2.39. The molecule has 0 radical (unpaired) electrons. The van der Waals surface area contributed by atoms with Crippen LogP contribution in [0.2, 0.25) is 0 Å². The second-order valence-electron chi connectivity index (χ2n) is 3.55. The third-order valence-corrected chi connectivity index (χ3v) is 3.35. The normalized spacial score (nSPS) is 9.94. The van der Waals surface area contributed by atoms with Crippen LogP contribution in [0.25, 0.3) is 10.1 Å². The highest BCUT2D eigenvalue weighted by Crippen LogP contribution is 2.28. The number of benzene rings is 1. The molecule has 0 spiro atoms. The highest BCUT2D eigenvalue weighted by molar-refractivity contribution is 7.20. The molecule has 18 heavy (non-hydrogen) atoms. The predicted octanol–water partition coefficient (Wildman–Crippen LogP) is 2.45. The molecule has 1 aromatic heterocycles. The van der Waals surface area contributed by atoms with Gasteiger partial charge < -0.3 is 10.4 Å². The van der Waals surface area contributed by atoms with E-state index in [-0.39, 0.29) is 17.2 Å². The number of anilines is 1. The fourth-order valence-electron chi connectivity index (χ4n) is 1.50. The minimum atomic E-state index is -0.966. The Labute approximate surface area is 106 Å². The summed E-state index contributed by atoms with van der Waals surface area (Å²) in [5.74, 6) is -1.35. The van der Waals surface area contributed by atoms with E-state index >= 15 is 0 Å². The Kier molecular flexibility index (Phi) is 3.26. The predicted molar refractivity (Wildman–Crippen MR) is 67.6 cm³/mol. The largest absolute Gasteiger partial charge is 0.477 e. The van der Waals surface area contributed by atoms with Crippen molar-refractivity contribution in [2.75, 3.05) is 5.32 Å². The zero-order valence-electron chi connectivity index (χ0n) is 9.14. The quantitative estimate of drug-likeness (QED) is 0.886. The van der Waals surface area contributed by atoms with Gasteiger partial charge in [-0.15, -0.1) is 11.3 Å². The molecule has 6 heteroatoms. The highest BCUT2D eigenvalue weighted by Gasteiger charge is 2.09. The minimum absolute atomic E-state index is 0.206. The van der Waals surface area contributed by atoms with Crippen LogP contribution >= 0.6 is 11.3 Å². The lowest BCUT2D eigenvalue weighted by atomic mass is 10.2. The summed E-state index contributed by atoms with van der Waals surface area (Å²) < 4.78 is 0.839. The van der Waals surface area contributed by atoms with Crippen molar-refractivity contribution < 1.29 is 14.7 Å². The SMILES string of the molecule is N#CCC(=O)Nc1ccc2sc(C(=O)O)cc2c1. The number of hydrogen-bond donors (Lipinski definition) is 2. The number of hydrogen-bond acceptors (Lipinski definition) is 4. The van der Waals surface area contributed by atoms with Gasteiger partial charge in [-0.2, -0.15) is 5.26 Å². The Balaban J connectivity index is 2.30. The van der Waals surface area contributed by atoms with Crippen molar-refractivity contribution in [3.63, 3.8) is 0 Å². The van der Waals surface area contributed by atoms with Crippen LogP contribution in [0.3, 0.4) is 0 Å². The van der Waals surface area contributed by atoms with Gasteiger partial charge >= 0.3 is 5.97 Å². The molecule has 2 aromatic rings. The van der Waals surface area contributed by atoms with E-state index in [1.54, 1.807) is 30.3 Å². The second-order valence-corrected chi connectivity index (χ2v) is 4.64. The van der Waals surface area contributed by atoms with E-state index in [1.165, 1.54) is 11.3 Å². The Morgan fingerprint density at radius 3 is 2.83 bits per heavy atom. The number of rotatable bonds is 3. The summed E-state index contributed by atoms with van der Waals surface area (Å²) in [6, 6.07) is 8.43. The maximum absolute atomic E-state index is 11.2. The molecule has 90 valence electrons. The Hall–Kier alpha value is -2.39. The maximum atomic E-state index is 11.2. The molecule has 0 bridgehead atoms. The lowest BCUT2D eigenvalue weighted by Gasteiger charge is -2.01. The summed E-state index contributed by atoms with van der Waals surface area (Å²) in [5, 5.41) is 20.6. The Morgan fingerprint density at radius 2 is 2.17 bits per heavy atom. The van der Waals surface area contributed by atoms with E-state index in [0.29, 0.717) is 5.69 Å². The molecule has 1 amide bonds. The fraction of sp³-hybridized carbons (Fsp3) is 0.0833. The molecule has 0 atom stereocenters. The first kappa shape index (κ1) is 12.1. The average molecular weight is 260 g/mol. The molecule has 0 saturated heterocycles. The summed E-state index contributed by atoms with van der Waals surface area (Å²) in [4.78, 5) is 22.3. The number of amides is 1.